The largest absolute Gasteiger partial charge is 0.479 e. The Hall–Kier alpha value is -2.67. The number of para-hydroxylation sites is 1. The number of nitrogens with zero attached hydrogens (tertiary/aromatic N) is 1. The number of fused-ring (bicyclic) bond motifs is 3. The summed E-state index contributed by atoms with van der Waals surface area (Å²) in [5, 5.41) is 0.702. The van der Waals surface area contributed by atoms with Crippen LogP contribution in [0.25, 0.3) is 10.2 Å². The molecule has 1 aliphatic carbocycles. The Balaban J connectivity index is 1.47. The lowest BCUT2D eigenvalue weighted by Crippen LogP contribution is -2.29. The molecule has 0 aliphatic heterocycles. The van der Waals surface area contributed by atoms with Gasteiger partial charge in [-0.15, -0.1) is 11.3 Å². The molecule has 146 valence electrons. The summed E-state index contributed by atoms with van der Waals surface area (Å²) in [5.41, 5.74) is 0.994. The zero-order valence-electron chi connectivity index (χ0n) is 15.7. The zero-order valence-corrected chi connectivity index (χ0v) is 16.5. The molecule has 1 aromatic carbocycles. The minimum absolute atomic E-state index is 0.0821. The first-order chi connectivity index (χ1) is 13.7. The minimum atomic E-state index is -0.702. The highest BCUT2D eigenvalue weighted by molar-refractivity contribution is 7.18. The molecule has 1 aliphatic rings. The third-order valence-corrected chi connectivity index (χ3v) is 6.07. The van der Waals surface area contributed by atoms with E-state index in [4.69, 9.17) is 9.47 Å². The lowest BCUT2D eigenvalue weighted by atomic mass is 9.97. The van der Waals surface area contributed by atoms with E-state index < -0.39 is 12.1 Å². The second-order valence-corrected chi connectivity index (χ2v) is 7.92. The number of H-pyrrole nitrogens is 1. The zero-order chi connectivity index (χ0) is 19.5. The molecule has 3 aromatic rings. The van der Waals surface area contributed by atoms with E-state index in [1.807, 2.05) is 25.1 Å². The lowest BCUT2D eigenvalue weighted by Gasteiger charge is -2.16. The van der Waals surface area contributed by atoms with Gasteiger partial charge in [0.2, 0.25) is 0 Å². The number of rotatable bonds is 6. The summed E-state index contributed by atoms with van der Waals surface area (Å²) in [7, 11) is 0. The molecule has 0 spiro atoms. The van der Waals surface area contributed by atoms with E-state index in [-0.39, 0.29) is 12.2 Å². The molecule has 1 N–H and O–H groups in total. The third kappa shape index (κ3) is 3.80. The predicted molar refractivity (Wildman–Crippen MR) is 108 cm³/mol. The molecule has 0 saturated carbocycles. The molecule has 1 atom stereocenters. The number of nitrogens with one attached hydrogen (secondary N) is 1. The van der Waals surface area contributed by atoms with E-state index in [1.165, 1.54) is 4.88 Å². The van der Waals surface area contributed by atoms with Crippen LogP contribution in [-0.4, -0.2) is 22.0 Å². The normalized spacial score (nSPS) is 14.5. The number of hydrogen-bond donors (Lipinski definition) is 1. The minimum Gasteiger partial charge on any atom is -0.479 e. The summed E-state index contributed by atoms with van der Waals surface area (Å²) in [4.78, 5) is 34.2. The summed E-state index contributed by atoms with van der Waals surface area (Å²) in [6.45, 7) is 1.78. The summed E-state index contributed by atoms with van der Waals surface area (Å²) in [5.74, 6) is 0.502. The van der Waals surface area contributed by atoms with E-state index in [1.54, 1.807) is 23.5 Å². The van der Waals surface area contributed by atoms with Crippen molar-refractivity contribution in [2.75, 3.05) is 0 Å². The molecule has 0 bridgehead atoms. The first kappa shape index (κ1) is 18.7. The average Bonchev–Trinajstić information content (AvgIpc) is 3.10. The fourth-order valence-electron chi connectivity index (χ4n) is 3.47. The van der Waals surface area contributed by atoms with Crippen molar-refractivity contribution in [3.05, 3.63) is 57.0 Å². The molecule has 0 saturated heterocycles. The molecule has 2 aromatic heterocycles. The second-order valence-electron chi connectivity index (χ2n) is 6.84. The molecule has 0 unspecified atom stereocenters. The first-order valence-corrected chi connectivity index (χ1v) is 10.4. The number of benzene rings is 1. The number of esters is 1. The molecular formula is C21H22N2O4S. The smallest absolute Gasteiger partial charge is 0.347 e. The summed E-state index contributed by atoms with van der Waals surface area (Å²) in [6, 6.07) is 9.16. The van der Waals surface area contributed by atoms with E-state index in [2.05, 4.69) is 9.97 Å². The van der Waals surface area contributed by atoms with Gasteiger partial charge in [0, 0.05) is 4.88 Å². The van der Waals surface area contributed by atoms with Crippen LogP contribution in [0.1, 0.15) is 42.5 Å². The van der Waals surface area contributed by atoms with Crippen molar-refractivity contribution in [1.82, 2.24) is 9.97 Å². The van der Waals surface area contributed by atoms with Gasteiger partial charge in [0.15, 0.2) is 6.10 Å². The van der Waals surface area contributed by atoms with E-state index in [0.29, 0.717) is 23.4 Å². The van der Waals surface area contributed by atoms with Gasteiger partial charge in [0.05, 0.1) is 5.39 Å². The second kappa shape index (κ2) is 8.14. The van der Waals surface area contributed by atoms with E-state index >= 15 is 0 Å². The number of carbonyl (C=O) groups excluding carboxylic acids is 1. The number of aryl methyl sites for hydroxylation is 2. The Morgan fingerprint density at radius 2 is 2.04 bits per heavy atom. The summed E-state index contributed by atoms with van der Waals surface area (Å²) >= 11 is 1.58. The topological polar surface area (TPSA) is 81.3 Å². The fraction of sp³-hybridized carbons (Fsp3) is 0.381. The number of thiophene rings is 1. The van der Waals surface area contributed by atoms with Gasteiger partial charge in [-0.05, 0) is 49.8 Å². The molecule has 28 heavy (non-hydrogen) atoms. The molecule has 2 heterocycles. The Morgan fingerprint density at radius 1 is 1.25 bits per heavy atom. The Kier molecular flexibility index (Phi) is 5.43. The van der Waals surface area contributed by atoms with Crippen LogP contribution in [0.3, 0.4) is 0 Å². The lowest BCUT2D eigenvalue weighted by molar-refractivity contribution is -0.153. The summed E-state index contributed by atoms with van der Waals surface area (Å²) in [6.07, 6.45) is 3.98. The predicted octanol–water partition coefficient (Wildman–Crippen LogP) is 3.76. The van der Waals surface area contributed by atoms with E-state index in [0.717, 1.165) is 36.1 Å². The van der Waals surface area contributed by atoms with Crippen molar-refractivity contribution >= 4 is 27.5 Å². The fourth-order valence-corrected chi connectivity index (χ4v) is 4.75. The van der Waals surface area contributed by atoms with Crippen molar-refractivity contribution in [2.24, 2.45) is 0 Å². The molecule has 0 radical (unpaired) electrons. The van der Waals surface area contributed by atoms with Gasteiger partial charge in [0.25, 0.3) is 5.56 Å². The van der Waals surface area contributed by atoms with Crippen LogP contribution < -0.4 is 10.3 Å². The highest BCUT2D eigenvalue weighted by atomic mass is 32.1. The molecule has 0 amide bonds. The van der Waals surface area contributed by atoms with Crippen LogP contribution in [0.4, 0.5) is 0 Å². The third-order valence-electron chi connectivity index (χ3n) is 4.88. The number of ether oxygens (including phenoxy) is 2. The monoisotopic (exact) mass is 398 g/mol. The number of aromatic nitrogens is 2. The van der Waals surface area contributed by atoms with Crippen molar-refractivity contribution in [3.8, 4) is 5.75 Å². The SMILES string of the molecule is CC[C@@H](Oc1ccccc1)C(=O)OCc1nc2sc3c(c2c(=O)[nH]1)CCCC3. The first-order valence-electron chi connectivity index (χ1n) is 9.57. The van der Waals surface area contributed by atoms with Gasteiger partial charge >= 0.3 is 5.97 Å². The molecule has 6 nitrogen and oxygen atoms in total. The maximum atomic E-state index is 12.6. The molecular weight excluding hydrogens is 376 g/mol. The van der Waals surface area contributed by atoms with Crippen molar-refractivity contribution < 1.29 is 14.3 Å². The van der Waals surface area contributed by atoms with Crippen LogP contribution >= 0.6 is 11.3 Å². The van der Waals surface area contributed by atoms with Gasteiger partial charge in [-0.1, -0.05) is 25.1 Å². The van der Waals surface area contributed by atoms with Gasteiger partial charge in [-0.2, -0.15) is 0 Å². The van der Waals surface area contributed by atoms with E-state index in [9.17, 15) is 9.59 Å². The maximum absolute atomic E-state index is 12.6. The highest BCUT2D eigenvalue weighted by Gasteiger charge is 2.22. The standard InChI is InChI=1S/C21H22N2O4S/c1-2-15(27-13-8-4-3-5-9-13)21(25)26-12-17-22-19(24)18-14-10-6-7-11-16(14)28-20(18)23-17/h3-5,8-9,15H,2,6-7,10-12H2,1H3,(H,22,23,24)/t15-/m1/s1. The van der Waals surface area contributed by atoms with Crippen LogP contribution in [0.15, 0.2) is 35.1 Å². The van der Waals surface area contributed by atoms with Gasteiger partial charge in [-0.25, -0.2) is 9.78 Å². The molecule has 0 fully saturated rings. The van der Waals surface area contributed by atoms with Gasteiger partial charge in [-0.3, -0.25) is 4.79 Å². The van der Waals surface area contributed by atoms with Gasteiger partial charge in [0.1, 0.15) is 23.0 Å². The van der Waals surface area contributed by atoms with Crippen LogP contribution in [0.5, 0.6) is 5.75 Å². The number of aromatic amines is 1. The quantitative estimate of drug-likeness (QED) is 0.640. The van der Waals surface area contributed by atoms with Gasteiger partial charge < -0.3 is 14.5 Å². The number of hydrogen-bond acceptors (Lipinski definition) is 6. The van der Waals surface area contributed by atoms with Crippen LogP contribution in [-0.2, 0) is 29.0 Å². The summed E-state index contributed by atoms with van der Waals surface area (Å²) < 4.78 is 11.1. The Morgan fingerprint density at radius 3 is 2.82 bits per heavy atom. The van der Waals surface area contributed by atoms with Crippen molar-refractivity contribution in [3.63, 3.8) is 0 Å². The Labute approximate surface area is 166 Å². The Bertz CT molecular complexity index is 1040. The highest BCUT2D eigenvalue weighted by Crippen LogP contribution is 2.33. The molecule has 7 heteroatoms. The molecule has 4 rings (SSSR count). The van der Waals surface area contributed by atoms with Crippen LogP contribution in [0, 0.1) is 0 Å². The van der Waals surface area contributed by atoms with Crippen molar-refractivity contribution in [1.29, 1.82) is 0 Å². The van der Waals surface area contributed by atoms with Crippen LogP contribution in [0.2, 0.25) is 0 Å². The average molecular weight is 398 g/mol. The maximum Gasteiger partial charge on any atom is 0.347 e. The number of carbonyl (C=O) groups is 1. The van der Waals surface area contributed by atoms with Crippen molar-refractivity contribution in [2.45, 2.75) is 51.7 Å².